The summed E-state index contributed by atoms with van der Waals surface area (Å²) in [6, 6.07) is 9.85. The number of hydrogen-bond acceptors (Lipinski definition) is 5. The fourth-order valence-corrected chi connectivity index (χ4v) is 3.19. The van der Waals surface area contributed by atoms with Gasteiger partial charge in [0.05, 0.1) is 10.9 Å². The molecule has 3 aromatic rings. The minimum atomic E-state index is -0.132. The maximum Gasteiger partial charge on any atom is 0.232 e. The van der Waals surface area contributed by atoms with Crippen molar-refractivity contribution in [1.29, 1.82) is 10.7 Å². The molecule has 0 atom stereocenters. The second-order valence-electron chi connectivity index (χ2n) is 4.39. The summed E-state index contributed by atoms with van der Waals surface area (Å²) in [5.74, 6) is 0. The monoisotopic (exact) mass is 281 g/mol. The number of benzene rings is 1. The predicted octanol–water partition coefficient (Wildman–Crippen LogP) is 3.36. The van der Waals surface area contributed by atoms with E-state index in [4.69, 9.17) is 9.83 Å². The van der Waals surface area contributed by atoms with Crippen molar-refractivity contribution in [2.45, 2.75) is 11.8 Å². The number of aromatic nitrogens is 1. The predicted molar refractivity (Wildman–Crippen MR) is 78.6 cm³/mol. The molecule has 0 unspecified atom stereocenters. The highest BCUT2D eigenvalue weighted by Crippen LogP contribution is 2.34. The van der Waals surface area contributed by atoms with Gasteiger partial charge in [-0.1, -0.05) is 18.2 Å². The zero-order chi connectivity index (χ0) is 14.3. The lowest BCUT2D eigenvalue weighted by Gasteiger charge is -2.10. The highest BCUT2D eigenvalue weighted by molar-refractivity contribution is 7.99. The second-order valence-corrected chi connectivity index (χ2v) is 5.20. The third-order valence-corrected chi connectivity index (χ3v) is 4.14. The summed E-state index contributed by atoms with van der Waals surface area (Å²) in [7, 11) is 0. The molecule has 0 aliphatic carbocycles. The topological polar surface area (TPSA) is 73.7 Å². The minimum absolute atomic E-state index is 0.132. The van der Waals surface area contributed by atoms with Gasteiger partial charge >= 0.3 is 0 Å². The first-order chi connectivity index (χ1) is 9.67. The average molecular weight is 281 g/mol. The van der Waals surface area contributed by atoms with E-state index in [2.05, 4.69) is 4.98 Å². The van der Waals surface area contributed by atoms with Crippen LogP contribution in [0.4, 0.5) is 0 Å². The van der Waals surface area contributed by atoms with E-state index in [1.165, 1.54) is 0 Å². The van der Waals surface area contributed by atoms with Gasteiger partial charge in [-0.05, 0) is 24.8 Å². The zero-order valence-electron chi connectivity index (χ0n) is 11.0. The summed E-state index contributed by atoms with van der Waals surface area (Å²) in [5.41, 5.74) is 2.13. The number of rotatable bonds is 1. The van der Waals surface area contributed by atoms with Crippen LogP contribution >= 0.6 is 11.8 Å². The van der Waals surface area contributed by atoms with Gasteiger partial charge in [0.15, 0.2) is 0 Å². The SMILES string of the molecule is CSc1c2ccccc2nc2oc(=N)c(C#N)c(C)c12. The summed E-state index contributed by atoms with van der Waals surface area (Å²) in [4.78, 5) is 5.50. The molecular formula is C15H11N3OS. The van der Waals surface area contributed by atoms with Gasteiger partial charge in [0.25, 0.3) is 0 Å². The minimum Gasteiger partial charge on any atom is -0.419 e. The van der Waals surface area contributed by atoms with Gasteiger partial charge in [-0.25, -0.2) is 4.98 Å². The fraction of sp³-hybridized carbons (Fsp3) is 0.133. The number of nitrogens with zero attached hydrogens (tertiary/aromatic N) is 2. The largest absolute Gasteiger partial charge is 0.419 e. The zero-order valence-corrected chi connectivity index (χ0v) is 11.8. The summed E-state index contributed by atoms with van der Waals surface area (Å²) in [5, 5.41) is 18.8. The highest BCUT2D eigenvalue weighted by atomic mass is 32.2. The number of fused-ring (bicyclic) bond motifs is 2. The molecule has 0 aliphatic rings. The Morgan fingerprint density at radius 2 is 2.10 bits per heavy atom. The van der Waals surface area contributed by atoms with E-state index in [1.54, 1.807) is 11.8 Å². The van der Waals surface area contributed by atoms with Gasteiger partial charge in [-0.3, -0.25) is 5.41 Å². The molecule has 4 nitrogen and oxygen atoms in total. The van der Waals surface area contributed by atoms with Gasteiger partial charge in [-0.2, -0.15) is 5.26 Å². The van der Waals surface area contributed by atoms with Crippen molar-refractivity contribution in [2.24, 2.45) is 0 Å². The molecule has 20 heavy (non-hydrogen) atoms. The molecule has 1 N–H and O–H groups in total. The van der Waals surface area contributed by atoms with E-state index < -0.39 is 0 Å². The van der Waals surface area contributed by atoms with Gasteiger partial charge in [0.2, 0.25) is 11.3 Å². The van der Waals surface area contributed by atoms with Gasteiger partial charge < -0.3 is 4.42 Å². The van der Waals surface area contributed by atoms with Crippen molar-refractivity contribution in [1.82, 2.24) is 4.98 Å². The molecule has 0 bridgehead atoms. The first-order valence-corrected chi connectivity index (χ1v) is 7.24. The van der Waals surface area contributed by atoms with Crippen molar-refractivity contribution in [3.8, 4) is 6.07 Å². The first kappa shape index (κ1) is 12.7. The molecule has 5 heteroatoms. The van der Waals surface area contributed by atoms with Gasteiger partial charge in [-0.15, -0.1) is 11.8 Å². The van der Waals surface area contributed by atoms with Crippen LogP contribution in [0.5, 0.6) is 0 Å². The molecule has 0 saturated heterocycles. The quantitative estimate of drug-likeness (QED) is 0.548. The molecule has 2 heterocycles. The molecular weight excluding hydrogens is 270 g/mol. The Morgan fingerprint density at radius 3 is 2.80 bits per heavy atom. The Balaban J connectivity index is 2.64. The molecule has 0 fully saturated rings. The van der Waals surface area contributed by atoms with Crippen LogP contribution in [0.15, 0.2) is 33.6 Å². The number of thioether (sulfide) groups is 1. The standard InChI is InChI=1S/C15H11N3OS/c1-8-10(7-16)14(17)19-15-12(8)13(20-2)9-5-3-4-6-11(9)18-15/h3-6,17H,1-2H3. The van der Waals surface area contributed by atoms with Crippen LogP contribution in [0.1, 0.15) is 11.1 Å². The Labute approximate surface area is 119 Å². The van der Waals surface area contributed by atoms with Crippen LogP contribution in [0.2, 0.25) is 0 Å². The molecule has 1 aromatic carbocycles. The summed E-state index contributed by atoms with van der Waals surface area (Å²) in [6.45, 7) is 1.84. The average Bonchev–Trinajstić information content (AvgIpc) is 2.45. The Morgan fingerprint density at radius 1 is 1.35 bits per heavy atom. The third-order valence-electron chi connectivity index (χ3n) is 3.30. The van der Waals surface area contributed by atoms with Crippen LogP contribution in [0.25, 0.3) is 22.0 Å². The van der Waals surface area contributed by atoms with Crippen LogP contribution in [0.3, 0.4) is 0 Å². The third kappa shape index (κ3) is 1.69. The van der Waals surface area contributed by atoms with Crippen molar-refractivity contribution in [2.75, 3.05) is 6.26 Å². The molecule has 98 valence electrons. The number of nitrogens with one attached hydrogen (secondary N) is 1. The maximum atomic E-state index is 9.18. The molecule has 0 aliphatic heterocycles. The lowest BCUT2D eigenvalue weighted by molar-refractivity contribution is 0.520. The first-order valence-electron chi connectivity index (χ1n) is 6.02. The van der Waals surface area contributed by atoms with E-state index in [1.807, 2.05) is 43.5 Å². The molecule has 0 amide bonds. The van der Waals surface area contributed by atoms with Crippen molar-refractivity contribution in [3.05, 3.63) is 40.9 Å². The fourth-order valence-electron chi connectivity index (χ4n) is 2.35. The van der Waals surface area contributed by atoms with Crippen molar-refractivity contribution >= 4 is 33.8 Å². The molecule has 0 radical (unpaired) electrons. The maximum absolute atomic E-state index is 9.18. The van der Waals surface area contributed by atoms with Crippen LogP contribution in [-0.4, -0.2) is 11.2 Å². The van der Waals surface area contributed by atoms with E-state index in [-0.39, 0.29) is 11.1 Å². The van der Waals surface area contributed by atoms with Crippen molar-refractivity contribution in [3.63, 3.8) is 0 Å². The lowest BCUT2D eigenvalue weighted by Crippen LogP contribution is -2.08. The van der Waals surface area contributed by atoms with Gasteiger partial charge in [0, 0.05) is 10.3 Å². The van der Waals surface area contributed by atoms with E-state index in [0.29, 0.717) is 5.71 Å². The van der Waals surface area contributed by atoms with Crippen molar-refractivity contribution < 1.29 is 4.42 Å². The smallest absolute Gasteiger partial charge is 0.232 e. The van der Waals surface area contributed by atoms with E-state index in [9.17, 15) is 5.26 Å². The van der Waals surface area contributed by atoms with E-state index in [0.717, 1.165) is 26.7 Å². The Kier molecular flexibility index (Phi) is 2.96. The summed E-state index contributed by atoms with van der Waals surface area (Å²) in [6.07, 6.45) is 1.99. The van der Waals surface area contributed by atoms with Gasteiger partial charge in [0.1, 0.15) is 11.6 Å². The Hall–Kier alpha value is -2.32. The highest BCUT2D eigenvalue weighted by Gasteiger charge is 2.16. The molecule has 0 saturated carbocycles. The Bertz CT molecular complexity index is 938. The number of para-hydroxylation sites is 1. The molecule has 2 aromatic heterocycles. The number of aryl methyl sites for hydroxylation is 1. The number of pyridine rings is 1. The molecule has 0 spiro atoms. The van der Waals surface area contributed by atoms with Crippen LogP contribution < -0.4 is 5.55 Å². The number of hydrogen-bond donors (Lipinski definition) is 1. The summed E-state index contributed by atoms with van der Waals surface area (Å²) < 4.78 is 5.43. The van der Waals surface area contributed by atoms with Crippen LogP contribution in [0, 0.1) is 23.7 Å². The number of nitriles is 1. The van der Waals surface area contributed by atoms with Crippen LogP contribution in [-0.2, 0) is 0 Å². The molecule has 3 rings (SSSR count). The summed E-state index contributed by atoms with van der Waals surface area (Å²) >= 11 is 1.60. The second kappa shape index (κ2) is 4.66. The lowest BCUT2D eigenvalue weighted by atomic mass is 10.1. The normalized spacial score (nSPS) is 10.8. The van der Waals surface area contributed by atoms with E-state index >= 15 is 0 Å².